The molecule has 15 heavy (non-hydrogen) atoms. The lowest BCUT2D eigenvalue weighted by molar-refractivity contribution is -0.274. The number of hydrogen-bond donors (Lipinski definition) is 0. The number of pyridine rings is 1. The summed E-state index contributed by atoms with van der Waals surface area (Å²) in [5.74, 6) is -0.651. The van der Waals surface area contributed by atoms with Gasteiger partial charge in [0.2, 0.25) is 0 Å². The van der Waals surface area contributed by atoms with Crippen molar-refractivity contribution in [3.63, 3.8) is 0 Å². The largest absolute Gasteiger partial charge is 0.573 e. The first-order valence-electron chi connectivity index (χ1n) is 3.67. The van der Waals surface area contributed by atoms with Crippen LogP contribution in [0.2, 0.25) is 0 Å². The maximum Gasteiger partial charge on any atom is 0.573 e. The van der Waals surface area contributed by atoms with Gasteiger partial charge in [0, 0.05) is 12.1 Å². The van der Waals surface area contributed by atoms with Crippen LogP contribution >= 0.6 is 0 Å². The van der Waals surface area contributed by atoms with Gasteiger partial charge in [-0.1, -0.05) is 0 Å². The minimum absolute atomic E-state index is 0.284. The number of aromatic nitrogens is 1. The summed E-state index contributed by atoms with van der Waals surface area (Å²) in [4.78, 5) is 3.42. The molecule has 1 aromatic rings. The van der Waals surface area contributed by atoms with Crippen molar-refractivity contribution in [2.24, 2.45) is 0 Å². The zero-order valence-electron chi connectivity index (χ0n) is 7.18. The van der Waals surface area contributed by atoms with Gasteiger partial charge in [-0.05, 0) is 0 Å². The third kappa shape index (κ3) is 3.42. The molecule has 0 aliphatic carbocycles. The summed E-state index contributed by atoms with van der Waals surface area (Å²) in [6.45, 7) is -1.07. The molecule has 0 bridgehead atoms. The lowest BCUT2D eigenvalue weighted by Gasteiger charge is -2.09. The van der Waals surface area contributed by atoms with Gasteiger partial charge in [-0.25, -0.2) is 9.37 Å². The van der Waals surface area contributed by atoms with E-state index in [1.54, 1.807) is 0 Å². The van der Waals surface area contributed by atoms with Crippen molar-refractivity contribution in [1.29, 1.82) is 5.26 Å². The number of ether oxygens (including phenoxy) is 1. The fourth-order valence-corrected chi connectivity index (χ4v) is 0.878. The molecule has 0 unspecified atom stereocenters. The first-order chi connectivity index (χ1) is 6.94. The van der Waals surface area contributed by atoms with Crippen molar-refractivity contribution in [2.75, 3.05) is 0 Å². The standard InChI is InChI=1S/C8H4F4N2O/c9-3-5-1-7(15-8(10,11)12)2-6(4-13)14-5/h1-2H,3H2. The predicted molar refractivity (Wildman–Crippen MR) is 40.4 cm³/mol. The van der Waals surface area contributed by atoms with E-state index in [1.807, 2.05) is 0 Å². The molecule has 80 valence electrons. The minimum Gasteiger partial charge on any atom is -0.406 e. The second kappa shape index (κ2) is 4.13. The molecular formula is C8H4F4N2O. The third-order valence-electron chi connectivity index (χ3n) is 1.34. The molecule has 0 saturated heterocycles. The zero-order chi connectivity index (χ0) is 11.5. The van der Waals surface area contributed by atoms with Crippen molar-refractivity contribution in [3.05, 3.63) is 23.5 Å². The van der Waals surface area contributed by atoms with E-state index in [1.165, 1.54) is 6.07 Å². The van der Waals surface area contributed by atoms with Crippen molar-refractivity contribution in [2.45, 2.75) is 13.0 Å². The Morgan fingerprint density at radius 3 is 2.53 bits per heavy atom. The second-order valence-corrected chi connectivity index (χ2v) is 2.47. The molecular weight excluding hydrogens is 216 g/mol. The summed E-state index contributed by atoms with van der Waals surface area (Å²) in [6.07, 6.45) is -4.87. The van der Waals surface area contributed by atoms with Crippen molar-refractivity contribution >= 4 is 0 Å². The molecule has 0 aromatic carbocycles. The van der Waals surface area contributed by atoms with Crippen LogP contribution in [0.3, 0.4) is 0 Å². The van der Waals surface area contributed by atoms with Gasteiger partial charge in [-0.15, -0.1) is 13.2 Å². The van der Waals surface area contributed by atoms with Gasteiger partial charge >= 0.3 is 6.36 Å². The summed E-state index contributed by atoms with van der Waals surface area (Å²) in [7, 11) is 0. The molecule has 0 radical (unpaired) electrons. The maximum atomic E-state index is 12.1. The highest BCUT2D eigenvalue weighted by atomic mass is 19.4. The van der Waals surface area contributed by atoms with Crippen LogP contribution in [-0.4, -0.2) is 11.3 Å². The average molecular weight is 220 g/mol. The Bertz CT molecular complexity index is 397. The Labute approximate surface area is 81.9 Å². The minimum atomic E-state index is -4.87. The summed E-state index contributed by atoms with van der Waals surface area (Å²) in [5.41, 5.74) is -0.613. The second-order valence-electron chi connectivity index (χ2n) is 2.47. The lowest BCUT2D eigenvalue weighted by atomic mass is 10.3. The molecule has 1 aromatic heterocycles. The van der Waals surface area contributed by atoms with Crippen molar-refractivity contribution < 1.29 is 22.3 Å². The van der Waals surface area contributed by atoms with Gasteiger partial charge in [0.15, 0.2) is 0 Å². The number of rotatable bonds is 2. The molecule has 1 rings (SSSR count). The first-order valence-corrected chi connectivity index (χ1v) is 3.67. The molecule has 0 amide bonds. The molecule has 0 fully saturated rings. The van der Waals surface area contributed by atoms with E-state index in [-0.39, 0.29) is 11.4 Å². The van der Waals surface area contributed by atoms with E-state index in [9.17, 15) is 17.6 Å². The van der Waals surface area contributed by atoms with Crippen LogP contribution in [0, 0.1) is 11.3 Å². The van der Waals surface area contributed by atoms with Gasteiger partial charge in [0.05, 0.1) is 5.69 Å². The normalized spacial score (nSPS) is 10.9. The van der Waals surface area contributed by atoms with Gasteiger partial charge in [-0.3, -0.25) is 0 Å². The van der Waals surface area contributed by atoms with Gasteiger partial charge in [-0.2, -0.15) is 5.26 Å². The van der Waals surface area contributed by atoms with Crippen LogP contribution in [-0.2, 0) is 6.67 Å². The molecule has 0 N–H and O–H groups in total. The van der Waals surface area contributed by atoms with E-state index < -0.39 is 18.8 Å². The third-order valence-corrected chi connectivity index (χ3v) is 1.34. The van der Waals surface area contributed by atoms with Crippen molar-refractivity contribution in [1.82, 2.24) is 4.98 Å². The number of nitriles is 1. The highest BCUT2D eigenvalue weighted by Crippen LogP contribution is 2.23. The van der Waals surface area contributed by atoms with Crippen LogP contribution in [0.25, 0.3) is 0 Å². The van der Waals surface area contributed by atoms with E-state index >= 15 is 0 Å². The van der Waals surface area contributed by atoms with Crippen LogP contribution in [0.5, 0.6) is 5.75 Å². The summed E-state index contributed by atoms with van der Waals surface area (Å²) in [6, 6.07) is 3.07. The van der Waals surface area contributed by atoms with Crippen LogP contribution in [0.4, 0.5) is 17.6 Å². The zero-order valence-corrected chi connectivity index (χ0v) is 7.18. The van der Waals surface area contributed by atoms with E-state index in [4.69, 9.17) is 5.26 Å². The molecule has 0 aliphatic rings. The Kier molecular flexibility index (Phi) is 3.09. The topological polar surface area (TPSA) is 45.9 Å². The monoisotopic (exact) mass is 220 g/mol. The lowest BCUT2D eigenvalue weighted by Crippen LogP contribution is -2.17. The van der Waals surface area contributed by atoms with Gasteiger partial charge in [0.25, 0.3) is 0 Å². The fraction of sp³-hybridized carbons (Fsp3) is 0.250. The quantitative estimate of drug-likeness (QED) is 0.718. The van der Waals surface area contributed by atoms with Crippen LogP contribution in [0.1, 0.15) is 11.4 Å². The summed E-state index contributed by atoms with van der Waals surface area (Å²) < 4.78 is 51.1. The first kappa shape index (κ1) is 11.2. The Hall–Kier alpha value is -1.84. The average Bonchev–Trinajstić information content (AvgIpc) is 2.14. The van der Waals surface area contributed by atoms with Gasteiger partial charge < -0.3 is 4.74 Å². The fourth-order valence-electron chi connectivity index (χ4n) is 0.878. The molecule has 0 spiro atoms. The van der Waals surface area contributed by atoms with E-state index in [0.29, 0.717) is 0 Å². The Morgan fingerprint density at radius 1 is 1.40 bits per heavy atom. The highest BCUT2D eigenvalue weighted by molar-refractivity contribution is 5.33. The van der Waals surface area contributed by atoms with Crippen LogP contribution < -0.4 is 4.74 Å². The van der Waals surface area contributed by atoms with Crippen molar-refractivity contribution in [3.8, 4) is 11.8 Å². The molecule has 7 heteroatoms. The predicted octanol–water partition coefficient (Wildman–Crippen LogP) is 2.32. The molecule has 0 aliphatic heterocycles. The SMILES string of the molecule is N#Cc1cc(OC(F)(F)F)cc(CF)n1. The Morgan fingerprint density at radius 2 is 2.07 bits per heavy atom. The summed E-state index contributed by atoms with van der Waals surface area (Å²) in [5, 5.41) is 8.41. The van der Waals surface area contributed by atoms with Crippen LogP contribution in [0.15, 0.2) is 12.1 Å². The summed E-state index contributed by atoms with van der Waals surface area (Å²) >= 11 is 0. The van der Waals surface area contributed by atoms with E-state index in [2.05, 4.69) is 9.72 Å². The number of alkyl halides is 4. The smallest absolute Gasteiger partial charge is 0.406 e. The molecule has 3 nitrogen and oxygen atoms in total. The maximum absolute atomic E-state index is 12.1. The number of nitrogens with zero attached hydrogens (tertiary/aromatic N) is 2. The highest BCUT2D eigenvalue weighted by Gasteiger charge is 2.31. The number of hydrogen-bond acceptors (Lipinski definition) is 3. The Balaban J connectivity index is 3.03. The number of halogens is 4. The molecule has 1 heterocycles. The molecule has 0 atom stereocenters. The van der Waals surface area contributed by atoms with E-state index in [0.717, 1.165) is 12.1 Å². The van der Waals surface area contributed by atoms with Gasteiger partial charge in [0.1, 0.15) is 24.2 Å². The molecule has 0 saturated carbocycles.